The Morgan fingerprint density at radius 2 is 1.67 bits per heavy atom. The van der Waals surface area contributed by atoms with Crippen LogP contribution in [0.15, 0.2) is 23.3 Å². The molecule has 5 rings (SSSR count). The molecule has 3 fully saturated rings. The molecule has 0 bridgehead atoms. The van der Waals surface area contributed by atoms with E-state index in [1.54, 1.807) is 0 Å². The van der Waals surface area contributed by atoms with Crippen LogP contribution in [0, 0.1) is 61.6 Å². The van der Waals surface area contributed by atoms with Crippen LogP contribution >= 0.6 is 0 Å². The minimum Gasteiger partial charge on any atom is -0.396 e. The summed E-state index contributed by atoms with van der Waals surface area (Å²) in [6, 6.07) is 2.19. The van der Waals surface area contributed by atoms with Crippen LogP contribution in [0.3, 0.4) is 0 Å². The Morgan fingerprint density at radius 3 is 2.31 bits per heavy atom. The van der Waals surface area contributed by atoms with Crippen molar-refractivity contribution in [3.8, 4) is 6.07 Å². The van der Waals surface area contributed by atoms with Crippen molar-refractivity contribution in [2.24, 2.45) is 50.2 Å². The molecule has 36 heavy (non-hydrogen) atoms. The molecule has 4 heteroatoms. The topological polar surface area (TPSA) is 78.2 Å². The molecule has 0 aromatic carbocycles. The van der Waals surface area contributed by atoms with E-state index in [-0.39, 0.29) is 63.2 Å². The fourth-order valence-electron chi connectivity index (χ4n) is 10.4. The first-order valence-electron chi connectivity index (χ1n) is 14.2. The third-order valence-electron chi connectivity index (χ3n) is 12.7. The number of Topliss-reactive ketones (excluding diaryl/α,β-unsaturated/α-hetero) is 1. The number of nitriles is 1. The molecule has 7 atom stereocenters. The summed E-state index contributed by atoms with van der Waals surface area (Å²) in [6.45, 7) is 15.8. The van der Waals surface area contributed by atoms with Gasteiger partial charge in [0.15, 0.2) is 11.6 Å². The molecule has 5 aliphatic rings. The predicted molar refractivity (Wildman–Crippen MR) is 141 cm³/mol. The number of carbonyl (C=O) groups is 2. The highest BCUT2D eigenvalue weighted by Crippen LogP contribution is 2.74. The summed E-state index contributed by atoms with van der Waals surface area (Å²) < 4.78 is 0. The summed E-state index contributed by atoms with van der Waals surface area (Å²) in [4.78, 5) is 27.5. The Labute approximate surface area is 217 Å². The Hall–Kier alpha value is -1.73. The smallest absolute Gasteiger partial charge is 0.178 e. The fraction of sp³-hybridized carbons (Fsp3) is 0.781. The highest BCUT2D eigenvalue weighted by atomic mass is 16.3. The number of aliphatic hydroxyl groups excluding tert-OH is 1. The molecule has 0 aromatic heterocycles. The van der Waals surface area contributed by atoms with E-state index in [0.29, 0.717) is 0 Å². The third kappa shape index (κ3) is 3.08. The Morgan fingerprint density at radius 1 is 1.00 bits per heavy atom. The summed E-state index contributed by atoms with van der Waals surface area (Å²) >= 11 is 0. The Bertz CT molecular complexity index is 1120. The molecule has 4 nitrogen and oxygen atoms in total. The number of aliphatic hydroxyl groups is 1. The van der Waals surface area contributed by atoms with Crippen LogP contribution in [0.4, 0.5) is 0 Å². The second-order valence-corrected chi connectivity index (χ2v) is 15.1. The number of fused-ring (bicyclic) bond motifs is 7. The third-order valence-corrected chi connectivity index (χ3v) is 12.7. The van der Waals surface area contributed by atoms with Gasteiger partial charge in [-0.15, -0.1) is 0 Å². The summed E-state index contributed by atoms with van der Waals surface area (Å²) in [5.41, 5.74) is 0.215. The Balaban J connectivity index is 1.69. The normalized spacial score (nSPS) is 46.8. The maximum atomic E-state index is 14.3. The highest BCUT2D eigenvalue weighted by Gasteiger charge is 2.69. The Kier molecular flexibility index (Phi) is 5.51. The fourth-order valence-corrected chi connectivity index (χ4v) is 10.4. The van der Waals surface area contributed by atoms with E-state index in [9.17, 15) is 20.0 Å². The second kappa shape index (κ2) is 7.66. The van der Waals surface area contributed by atoms with Gasteiger partial charge >= 0.3 is 0 Å². The minimum atomic E-state index is -0.631. The number of ketones is 2. The molecular weight excluding hydrogens is 446 g/mol. The van der Waals surface area contributed by atoms with Gasteiger partial charge < -0.3 is 5.11 Å². The lowest BCUT2D eigenvalue weighted by Gasteiger charge is -2.69. The van der Waals surface area contributed by atoms with Gasteiger partial charge in [0.2, 0.25) is 0 Å². The molecule has 0 aromatic rings. The van der Waals surface area contributed by atoms with Crippen molar-refractivity contribution in [1.29, 1.82) is 5.26 Å². The summed E-state index contributed by atoms with van der Waals surface area (Å²) in [7, 11) is 0. The van der Waals surface area contributed by atoms with E-state index in [4.69, 9.17) is 0 Å². The first-order chi connectivity index (χ1) is 16.6. The molecule has 0 amide bonds. The van der Waals surface area contributed by atoms with Gasteiger partial charge in [-0.25, -0.2) is 0 Å². The van der Waals surface area contributed by atoms with Gasteiger partial charge in [-0.1, -0.05) is 60.1 Å². The van der Waals surface area contributed by atoms with E-state index in [1.807, 2.05) is 26.0 Å². The zero-order valence-corrected chi connectivity index (χ0v) is 23.5. The summed E-state index contributed by atoms with van der Waals surface area (Å²) in [5.74, 6) is 0.517. The molecule has 0 aliphatic heterocycles. The van der Waals surface area contributed by atoms with Crippen LogP contribution in [0.2, 0.25) is 0 Å². The van der Waals surface area contributed by atoms with E-state index in [1.165, 1.54) is 0 Å². The van der Waals surface area contributed by atoms with Crippen molar-refractivity contribution in [3.05, 3.63) is 23.3 Å². The lowest BCUT2D eigenvalue weighted by Crippen LogP contribution is -2.64. The lowest BCUT2D eigenvalue weighted by atomic mass is 9.34. The van der Waals surface area contributed by atoms with Gasteiger partial charge in [0.05, 0.1) is 5.57 Å². The lowest BCUT2D eigenvalue weighted by molar-refractivity contribution is -0.173. The molecular formula is C32H45NO3. The number of allylic oxidation sites excluding steroid dienone is 4. The first-order valence-corrected chi connectivity index (χ1v) is 14.2. The van der Waals surface area contributed by atoms with E-state index in [0.717, 1.165) is 56.9 Å². The standard InChI is InChI=1S/C32H45NO3/c1-27(2)10-12-32(14-15-34)13-11-31(7)25(21(32)18-27)22(35)16-24-29(5)17-20(19-33)26(36)28(3,4)23(29)8-9-30(24,31)6/h16-17,21,23,25,34H,8-15,18H2,1-7H3/t21?,23?,25?,29-,30+,31+,32+/m0/s1. The van der Waals surface area contributed by atoms with Crippen LogP contribution in [0.25, 0.3) is 0 Å². The van der Waals surface area contributed by atoms with Crippen molar-refractivity contribution >= 4 is 11.6 Å². The largest absolute Gasteiger partial charge is 0.396 e. The molecule has 0 spiro atoms. The quantitative estimate of drug-likeness (QED) is 0.473. The van der Waals surface area contributed by atoms with E-state index < -0.39 is 10.8 Å². The van der Waals surface area contributed by atoms with Gasteiger partial charge in [-0.3, -0.25) is 9.59 Å². The number of carbonyl (C=O) groups excluding carboxylic acids is 2. The van der Waals surface area contributed by atoms with Gasteiger partial charge in [0.25, 0.3) is 0 Å². The van der Waals surface area contributed by atoms with Crippen LogP contribution in [0.5, 0.6) is 0 Å². The number of hydrogen-bond donors (Lipinski definition) is 1. The average molecular weight is 492 g/mol. The SMILES string of the molecule is CC1(C)CC[C@]2(CCO)CC[C@]3(C)C(C(=O)C=C4[C@@]5(C)C=C(C#N)C(=O)C(C)(C)C5CC[C@]43C)C2C1. The zero-order valence-electron chi connectivity index (χ0n) is 23.5. The van der Waals surface area contributed by atoms with Crippen LogP contribution in [0.1, 0.15) is 99.8 Å². The van der Waals surface area contributed by atoms with Crippen molar-refractivity contribution in [2.45, 2.75) is 99.8 Å². The molecule has 3 unspecified atom stereocenters. The van der Waals surface area contributed by atoms with Gasteiger partial charge in [0, 0.05) is 23.4 Å². The first kappa shape index (κ1) is 25.9. The van der Waals surface area contributed by atoms with Crippen LogP contribution in [-0.2, 0) is 9.59 Å². The predicted octanol–water partition coefficient (Wildman–Crippen LogP) is 6.59. The maximum Gasteiger partial charge on any atom is 0.178 e. The zero-order chi connectivity index (χ0) is 26.5. The van der Waals surface area contributed by atoms with E-state index in [2.05, 4.69) is 40.7 Å². The summed E-state index contributed by atoms with van der Waals surface area (Å²) in [6.07, 6.45) is 11.9. The average Bonchev–Trinajstić information content (AvgIpc) is 2.79. The van der Waals surface area contributed by atoms with Crippen molar-refractivity contribution in [1.82, 2.24) is 0 Å². The van der Waals surface area contributed by atoms with Crippen molar-refractivity contribution in [3.63, 3.8) is 0 Å². The van der Waals surface area contributed by atoms with Gasteiger partial charge in [0.1, 0.15) is 6.07 Å². The maximum absolute atomic E-state index is 14.3. The van der Waals surface area contributed by atoms with E-state index >= 15 is 0 Å². The second-order valence-electron chi connectivity index (χ2n) is 15.1. The number of hydrogen-bond acceptors (Lipinski definition) is 4. The molecule has 0 saturated heterocycles. The van der Waals surface area contributed by atoms with Crippen molar-refractivity contribution in [2.75, 3.05) is 6.61 Å². The van der Waals surface area contributed by atoms with Gasteiger partial charge in [-0.2, -0.15) is 5.26 Å². The highest BCUT2D eigenvalue weighted by molar-refractivity contribution is 6.04. The molecule has 0 heterocycles. The molecule has 0 radical (unpaired) electrons. The van der Waals surface area contributed by atoms with Crippen molar-refractivity contribution < 1.29 is 14.7 Å². The summed E-state index contributed by atoms with van der Waals surface area (Å²) in [5, 5.41) is 19.9. The minimum absolute atomic E-state index is 0.0380. The number of nitrogens with zero attached hydrogens (tertiary/aromatic N) is 1. The molecule has 5 aliphatic carbocycles. The molecule has 3 saturated carbocycles. The number of rotatable bonds is 2. The molecule has 196 valence electrons. The monoisotopic (exact) mass is 491 g/mol. The molecule has 1 N–H and O–H groups in total. The van der Waals surface area contributed by atoms with Gasteiger partial charge in [-0.05, 0) is 90.9 Å². The van der Waals surface area contributed by atoms with Crippen LogP contribution < -0.4 is 0 Å². The van der Waals surface area contributed by atoms with Crippen LogP contribution in [-0.4, -0.2) is 23.3 Å².